The number of Topliss-reactive ketones (excluding diaryl/α,β-unsaturated/α-hetero) is 1. The molecule has 0 spiro atoms. The van der Waals surface area contributed by atoms with Crippen molar-refractivity contribution in [1.29, 1.82) is 0 Å². The molecule has 1 heterocycles. The van der Waals surface area contributed by atoms with Crippen molar-refractivity contribution in [2.24, 2.45) is 5.92 Å². The van der Waals surface area contributed by atoms with E-state index in [0.29, 0.717) is 16.5 Å². The molecule has 0 radical (unpaired) electrons. The fourth-order valence-corrected chi connectivity index (χ4v) is 3.17. The second-order valence-corrected chi connectivity index (χ2v) is 7.08. The number of benzene rings is 1. The number of ether oxygens (including phenoxy) is 1. The van der Waals surface area contributed by atoms with Crippen LogP contribution in [-0.2, 0) is 9.53 Å². The largest absolute Gasteiger partial charge is 0.459 e. The second-order valence-electron chi connectivity index (χ2n) is 6.65. The Morgan fingerprint density at radius 1 is 1.17 bits per heavy atom. The smallest absolute Gasteiger partial charge is 0.306 e. The van der Waals surface area contributed by atoms with Crippen molar-refractivity contribution in [2.45, 2.75) is 45.1 Å². The molecule has 1 saturated heterocycles. The van der Waals surface area contributed by atoms with Gasteiger partial charge in [-0.25, -0.2) is 0 Å². The zero-order valence-electron chi connectivity index (χ0n) is 13.8. The molecule has 5 heteroatoms. The minimum atomic E-state index is -0.464. The van der Waals surface area contributed by atoms with Crippen molar-refractivity contribution < 1.29 is 19.6 Å². The van der Waals surface area contributed by atoms with Gasteiger partial charge in [0.2, 0.25) is 0 Å². The van der Waals surface area contributed by atoms with Gasteiger partial charge in [0.15, 0.2) is 5.78 Å². The van der Waals surface area contributed by atoms with E-state index >= 15 is 0 Å². The topological polar surface area (TPSA) is 60.0 Å². The van der Waals surface area contributed by atoms with E-state index in [-0.39, 0.29) is 24.6 Å². The fourth-order valence-electron chi connectivity index (χ4n) is 3.05. The summed E-state index contributed by atoms with van der Waals surface area (Å²) in [7, 11) is 0. The van der Waals surface area contributed by atoms with Gasteiger partial charge in [0.25, 0.3) is 0 Å². The maximum absolute atomic E-state index is 12.1. The summed E-state index contributed by atoms with van der Waals surface area (Å²) in [5.74, 6) is 0.0268. The van der Waals surface area contributed by atoms with Gasteiger partial charge in [-0.05, 0) is 38.1 Å². The highest BCUT2D eigenvalue weighted by atomic mass is 35.5. The van der Waals surface area contributed by atoms with Gasteiger partial charge < -0.3 is 10.1 Å². The van der Waals surface area contributed by atoms with Crippen LogP contribution < -0.4 is 5.32 Å². The zero-order valence-corrected chi connectivity index (χ0v) is 14.6. The molecule has 126 valence electrons. The van der Waals surface area contributed by atoms with E-state index in [0.717, 1.165) is 25.9 Å². The summed E-state index contributed by atoms with van der Waals surface area (Å²) in [6, 6.07) is 6.71. The van der Waals surface area contributed by atoms with Gasteiger partial charge in [-0.3, -0.25) is 9.59 Å². The molecule has 1 aromatic carbocycles. The van der Waals surface area contributed by atoms with Crippen LogP contribution in [0.4, 0.5) is 0 Å². The minimum absolute atomic E-state index is 0.0660. The van der Waals surface area contributed by atoms with Crippen molar-refractivity contribution in [1.82, 2.24) is 0 Å². The van der Waals surface area contributed by atoms with Crippen molar-refractivity contribution in [2.75, 3.05) is 13.1 Å². The third kappa shape index (κ3) is 5.33. The van der Waals surface area contributed by atoms with Crippen LogP contribution in [0, 0.1) is 5.92 Å². The number of hydrogen-bond donors (Lipinski definition) is 1. The van der Waals surface area contributed by atoms with Crippen molar-refractivity contribution in [3.05, 3.63) is 34.9 Å². The van der Waals surface area contributed by atoms with Crippen molar-refractivity contribution in [3.63, 3.8) is 0 Å². The summed E-state index contributed by atoms with van der Waals surface area (Å²) >= 11 is 5.80. The average molecular weight is 339 g/mol. The third-order valence-corrected chi connectivity index (χ3v) is 4.77. The molecule has 0 saturated carbocycles. The Hall–Kier alpha value is -1.39. The lowest BCUT2D eigenvalue weighted by Gasteiger charge is -2.35. The van der Waals surface area contributed by atoms with Gasteiger partial charge in [-0.2, -0.15) is 0 Å². The third-order valence-electron chi connectivity index (χ3n) is 4.52. The van der Waals surface area contributed by atoms with Gasteiger partial charge in [0.1, 0.15) is 5.60 Å². The lowest BCUT2D eigenvalue weighted by atomic mass is 9.83. The highest BCUT2D eigenvalue weighted by Crippen LogP contribution is 2.28. The molecular weight excluding hydrogens is 314 g/mol. The van der Waals surface area contributed by atoms with E-state index < -0.39 is 5.60 Å². The molecule has 1 fully saturated rings. The lowest BCUT2D eigenvalue weighted by Crippen LogP contribution is -2.86. The Morgan fingerprint density at radius 3 is 2.39 bits per heavy atom. The first-order valence-corrected chi connectivity index (χ1v) is 8.58. The number of halogens is 1. The predicted octanol–water partition coefficient (Wildman–Crippen LogP) is 2.60. The van der Waals surface area contributed by atoms with E-state index in [9.17, 15) is 9.59 Å². The van der Waals surface area contributed by atoms with E-state index in [1.807, 2.05) is 13.8 Å². The predicted molar refractivity (Wildman–Crippen MR) is 89.6 cm³/mol. The second kappa shape index (κ2) is 7.93. The molecule has 0 bridgehead atoms. The highest BCUT2D eigenvalue weighted by molar-refractivity contribution is 6.30. The number of carbonyl (C=O) groups is 2. The Kier molecular flexibility index (Phi) is 6.19. The molecule has 0 unspecified atom stereocenters. The molecule has 0 atom stereocenters. The van der Waals surface area contributed by atoms with Crippen LogP contribution in [0.15, 0.2) is 24.3 Å². The maximum Gasteiger partial charge on any atom is 0.306 e. The Labute approximate surface area is 142 Å². The number of hydrogen-bond acceptors (Lipinski definition) is 3. The fraction of sp³-hybridized carbons (Fsp3) is 0.556. The highest BCUT2D eigenvalue weighted by Gasteiger charge is 2.35. The van der Waals surface area contributed by atoms with Gasteiger partial charge >= 0.3 is 5.97 Å². The number of quaternary nitrogens is 1. The van der Waals surface area contributed by atoms with Crippen LogP contribution in [0.5, 0.6) is 0 Å². The molecule has 2 rings (SSSR count). The van der Waals surface area contributed by atoms with E-state index in [1.54, 1.807) is 24.3 Å². The number of carbonyl (C=O) groups excluding carboxylic acids is 2. The first-order chi connectivity index (χ1) is 10.9. The van der Waals surface area contributed by atoms with E-state index in [2.05, 4.69) is 5.32 Å². The number of rotatable bonds is 6. The van der Waals surface area contributed by atoms with Crippen LogP contribution in [0.25, 0.3) is 0 Å². The molecule has 23 heavy (non-hydrogen) atoms. The lowest BCUT2D eigenvalue weighted by molar-refractivity contribution is -0.665. The SMILES string of the molecule is CC(C)(OC(=O)CCC(=O)c1ccc(Cl)cc1)C1CC[NH2+]CC1. The molecule has 1 aromatic rings. The van der Waals surface area contributed by atoms with Gasteiger partial charge in [0.05, 0.1) is 19.5 Å². The first-order valence-electron chi connectivity index (χ1n) is 8.21. The maximum atomic E-state index is 12.1. The quantitative estimate of drug-likeness (QED) is 0.640. The molecular formula is C18H25ClNO3+. The molecule has 4 nitrogen and oxygen atoms in total. The first kappa shape index (κ1) is 18.0. The molecule has 0 aromatic heterocycles. The standard InChI is InChI=1S/C18H24ClNO3/c1-18(2,14-9-11-20-12-10-14)23-17(22)8-7-16(21)13-3-5-15(19)6-4-13/h3-6,14,20H,7-12H2,1-2H3/p+1. The molecule has 1 aliphatic heterocycles. The Bertz CT molecular complexity index is 548. The van der Waals surface area contributed by atoms with Gasteiger partial charge in [0, 0.05) is 35.8 Å². The zero-order chi connectivity index (χ0) is 16.9. The number of esters is 1. The molecule has 1 aliphatic rings. The van der Waals surface area contributed by atoms with Crippen LogP contribution in [0.2, 0.25) is 5.02 Å². The molecule has 0 aliphatic carbocycles. The summed E-state index contributed by atoms with van der Waals surface area (Å²) in [6.07, 6.45) is 2.40. The summed E-state index contributed by atoms with van der Waals surface area (Å²) in [4.78, 5) is 24.2. The summed E-state index contributed by atoms with van der Waals surface area (Å²) < 4.78 is 5.66. The Morgan fingerprint density at radius 2 is 1.78 bits per heavy atom. The number of ketones is 1. The van der Waals surface area contributed by atoms with Gasteiger partial charge in [-0.1, -0.05) is 11.6 Å². The monoisotopic (exact) mass is 338 g/mol. The van der Waals surface area contributed by atoms with Crippen molar-refractivity contribution >= 4 is 23.4 Å². The van der Waals surface area contributed by atoms with Crippen LogP contribution in [0.3, 0.4) is 0 Å². The van der Waals surface area contributed by atoms with Crippen LogP contribution in [0.1, 0.15) is 49.9 Å². The molecule has 0 amide bonds. The van der Waals surface area contributed by atoms with E-state index in [1.165, 1.54) is 0 Å². The minimum Gasteiger partial charge on any atom is -0.459 e. The number of piperidine rings is 1. The molecule has 2 N–H and O–H groups in total. The van der Waals surface area contributed by atoms with Crippen LogP contribution in [-0.4, -0.2) is 30.4 Å². The number of nitrogens with two attached hydrogens (primary N) is 1. The summed E-state index contributed by atoms with van der Waals surface area (Å²) in [6.45, 7) is 6.12. The summed E-state index contributed by atoms with van der Waals surface area (Å²) in [5.41, 5.74) is 0.110. The Balaban J connectivity index is 1.82. The normalized spacial score (nSPS) is 16.1. The van der Waals surface area contributed by atoms with E-state index in [4.69, 9.17) is 16.3 Å². The summed E-state index contributed by atoms with van der Waals surface area (Å²) in [5, 5.41) is 2.88. The van der Waals surface area contributed by atoms with Crippen LogP contribution >= 0.6 is 11.6 Å². The average Bonchev–Trinajstić information content (AvgIpc) is 2.54. The van der Waals surface area contributed by atoms with Crippen molar-refractivity contribution in [3.8, 4) is 0 Å². The van der Waals surface area contributed by atoms with Gasteiger partial charge in [-0.15, -0.1) is 0 Å².